The van der Waals surface area contributed by atoms with E-state index in [1.54, 1.807) is 4.90 Å². The summed E-state index contributed by atoms with van der Waals surface area (Å²) in [5, 5.41) is 11.0. The number of hydrogen-bond donors (Lipinski definition) is 2. The van der Waals surface area contributed by atoms with Crippen molar-refractivity contribution in [3.8, 4) is 0 Å². The standard InChI is InChI=1S/C19H18N2O2/c22-12-14-10-16-15-8-4-5-9-17(15)20-18(16)11-21(14)19(23)13-6-2-1-3-7-13/h1-9,14,20,22H,10-12H2. The molecule has 116 valence electrons. The number of hydrogen-bond acceptors (Lipinski definition) is 2. The van der Waals surface area contributed by atoms with Crippen LogP contribution in [0.3, 0.4) is 0 Å². The normalized spacial score (nSPS) is 17.3. The Hall–Kier alpha value is -2.59. The molecule has 0 aliphatic carbocycles. The van der Waals surface area contributed by atoms with Gasteiger partial charge in [0.2, 0.25) is 0 Å². The highest BCUT2D eigenvalue weighted by Gasteiger charge is 2.31. The lowest BCUT2D eigenvalue weighted by Crippen LogP contribution is -2.46. The number of nitrogens with zero attached hydrogens (tertiary/aromatic N) is 1. The van der Waals surface area contributed by atoms with E-state index in [1.807, 2.05) is 48.5 Å². The van der Waals surface area contributed by atoms with Crippen molar-refractivity contribution in [2.45, 2.75) is 19.0 Å². The van der Waals surface area contributed by atoms with E-state index in [9.17, 15) is 9.90 Å². The predicted octanol–water partition coefficient (Wildman–Crippen LogP) is 2.73. The number of amides is 1. The Balaban J connectivity index is 1.73. The first kappa shape index (κ1) is 14.0. The maximum Gasteiger partial charge on any atom is 0.254 e. The molecule has 1 aliphatic rings. The van der Waals surface area contributed by atoms with Gasteiger partial charge in [0, 0.05) is 22.2 Å². The number of para-hydroxylation sites is 1. The smallest absolute Gasteiger partial charge is 0.254 e. The molecule has 2 aromatic carbocycles. The van der Waals surface area contributed by atoms with Gasteiger partial charge in [0.15, 0.2) is 0 Å². The number of aliphatic hydroxyl groups excluding tert-OH is 1. The third-order valence-corrected chi connectivity index (χ3v) is 4.60. The molecule has 1 unspecified atom stereocenters. The van der Waals surface area contributed by atoms with Gasteiger partial charge in [-0.25, -0.2) is 0 Å². The van der Waals surface area contributed by atoms with Gasteiger partial charge in [-0.3, -0.25) is 4.79 Å². The summed E-state index contributed by atoms with van der Waals surface area (Å²) in [6, 6.07) is 17.2. The molecule has 1 aromatic heterocycles. The lowest BCUT2D eigenvalue weighted by atomic mass is 9.96. The first-order chi connectivity index (χ1) is 11.3. The number of benzene rings is 2. The summed E-state index contributed by atoms with van der Waals surface area (Å²) < 4.78 is 0. The molecule has 0 radical (unpaired) electrons. The van der Waals surface area contributed by atoms with Gasteiger partial charge in [0.1, 0.15) is 0 Å². The van der Waals surface area contributed by atoms with E-state index in [0.29, 0.717) is 18.5 Å². The van der Waals surface area contributed by atoms with E-state index >= 15 is 0 Å². The first-order valence-corrected chi connectivity index (χ1v) is 7.83. The predicted molar refractivity (Wildman–Crippen MR) is 89.2 cm³/mol. The van der Waals surface area contributed by atoms with E-state index in [2.05, 4.69) is 11.1 Å². The molecule has 3 aromatic rings. The summed E-state index contributed by atoms with van der Waals surface area (Å²) in [5.74, 6) is -0.0334. The minimum absolute atomic E-state index is 0.0302. The van der Waals surface area contributed by atoms with Gasteiger partial charge in [-0.15, -0.1) is 0 Å². The fourth-order valence-corrected chi connectivity index (χ4v) is 3.42. The fourth-order valence-electron chi connectivity index (χ4n) is 3.42. The zero-order chi connectivity index (χ0) is 15.8. The molecule has 0 saturated carbocycles. The molecule has 4 rings (SSSR count). The van der Waals surface area contributed by atoms with Gasteiger partial charge in [-0.05, 0) is 30.2 Å². The SMILES string of the molecule is O=C(c1ccccc1)N1Cc2[nH]c3ccccc3c2CC1CO. The zero-order valence-electron chi connectivity index (χ0n) is 12.7. The summed E-state index contributed by atoms with van der Waals surface area (Å²) in [4.78, 5) is 18.0. The third kappa shape index (κ3) is 2.32. The second kappa shape index (κ2) is 5.56. The van der Waals surface area contributed by atoms with Crippen LogP contribution in [0.25, 0.3) is 10.9 Å². The van der Waals surface area contributed by atoms with Crippen molar-refractivity contribution in [2.75, 3.05) is 6.61 Å². The number of rotatable bonds is 2. The molecule has 23 heavy (non-hydrogen) atoms. The monoisotopic (exact) mass is 306 g/mol. The summed E-state index contributed by atoms with van der Waals surface area (Å²) in [5.41, 5.74) is 4.03. The van der Waals surface area contributed by atoms with Gasteiger partial charge in [0.25, 0.3) is 5.91 Å². The number of aromatic amines is 1. The van der Waals surface area contributed by atoms with Gasteiger partial charge in [-0.2, -0.15) is 0 Å². The van der Waals surface area contributed by atoms with E-state index < -0.39 is 0 Å². The Morgan fingerprint density at radius 2 is 1.87 bits per heavy atom. The van der Waals surface area contributed by atoms with E-state index in [-0.39, 0.29) is 18.6 Å². The Kier molecular flexibility index (Phi) is 3.39. The van der Waals surface area contributed by atoms with E-state index in [0.717, 1.165) is 11.2 Å². The topological polar surface area (TPSA) is 56.3 Å². The minimum atomic E-state index is -0.186. The Bertz CT molecular complexity index is 854. The summed E-state index contributed by atoms with van der Waals surface area (Å²) in [7, 11) is 0. The highest BCUT2D eigenvalue weighted by atomic mass is 16.3. The van der Waals surface area contributed by atoms with Crippen LogP contribution in [0.2, 0.25) is 0 Å². The van der Waals surface area contributed by atoms with Crippen molar-refractivity contribution >= 4 is 16.8 Å². The lowest BCUT2D eigenvalue weighted by Gasteiger charge is -2.34. The number of fused-ring (bicyclic) bond motifs is 3. The van der Waals surface area contributed by atoms with Crippen molar-refractivity contribution in [2.24, 2.45) is 0 Å². The molecule has 1 amide bonds. The van der Waals surface area contributed by atoms with E-state index in [4.69, 9.17) is 0 Å². The molecule has 4 heteroatoms. The van der Waals surface area contributed by atoms with Crippen molar-refractivity contribution in [3.63, 3.8) is 0 Å². The Morgan fingerprint density at radius 3 is 2.65 bits per heavy atom. The lowest BCUT2D eigenvalue weighted by molar-refractivity contribution is 0.0541. The van der Waals surface area contributed by atoms with E-state index in [1.165, 1.54) is 10.9 Å². The molecule has 0 spiro atoms. The molecule has 2 N–H and O–H groups in total. The number of nitrogens with one attached hydrogen (secondary N) is 1. The second-order valence-corrected chi connectivity index (χ2v) is 5.97. The average Bonchev–Trinajstić information content (AvgIpc) is 2.98. The molecule has 0 fully saturated rings. The second-order valence-electron chi connectivity index (χ2n) is 5.97. The molecule has 0 bridgehead atoms. The van der Waals surface area contributed by atoms with Crippen LogP contribution in [-0.4, -0.2) is 33.5 Å². The van der Waals surface area contributed by atoms with Crippen LogP contribution in [0.4, 0.5) is 0 Å². The first-order valence-electron chi connectivity index (χ1n) is 7.83. The Labute approximate surface area is 134 Å². The van der Waals surface area contributed by atoms with Gasteiger partial charge in [0.05, 0.1) is 19.2 Å². The number of carbonyl (C=O) groups excluding carboxylic acids is 1. The van der Waals surface area contributed by atoms with Gasteiger partial charge < -0.3 is 15.0 Å². The van der Waals surface area contributed by atoms with Crippen LogP contribution in [0.15, 0.2) is 54.6 Å². The molecule has 0 saturated heterocycles. The zero-order valence-corrected chi connectivity index (χ0v) is 12.7. The van der Waals surface area contributed by atoms with Gasteiger partial charge >= 0.3 is 0 Å². The number of carbonyl (C=O) groups is 1. The number of aliphatic hydroxyl groups is 1. The van der Waals surface area contributed by atoms with Crippen LogP contribution in [0.1, 0.15) is 21.6 Å². The summed E-state index contributed by atoms with van der Waals surface area (Å²) in [6.45, 7) is 0.473. The molecule has 1 atom stereocenters. The molecule has 4 nitrogen and oxygen atoms in total. The van der Waals surface area contributed by atoms with Crippen LogP contribution in [0, 0.1) is 0 Å². The van der Waals surface area contributed by atoms with Crippen LogP contribution < -0.4 is 0 Å². The molecular weight excluding hydrogens is 288 g/mol. The fraction of sp³-hybridized carbons (Fsp3) is 0.211. The highest BCUT2D eigenvalue weighted by molar-refractivity contribution is 5.95. The maximum atomic E-state index is 12.8. The number of aromatic nitrogens is 1. The average molecular weight is 306 g/mol. The molecular formula is C19H18N2O2. The van der Waals surface area contributed by atoms with Gasteiger partial charge in [-0.1, -0.05) is 36.4 Å². The van der Waals surface area contributed by atoms with Crippen LogP contribution >= 0.6 is 0 Å². The molecule has 1 aliphatic heterocycles. The van der Waals surface area contributed by atoms with Crippen molar-refractivity contribution in [1.82, 2.24) is 9.88 Å². The highest BCUT2D eigenvalue weighted by Crippen LogP contribution is 2.30. The maximum absolute atomic E-state index is 12.8. The Morgan fingerprint density at radius 1 is 1.13 bits per heavy atom. The van der Waals surface area contributed by atoms with Crippen LogP contribution in [-0.2, 0) is 13.0 Å². The van der Waals surface area contributed by atoms with Crippen molar-refractivity contribution in [3.05, 3.63) is 71.4 Å². The van der Waals surface area contributed by atoms with Crippen LogP contribution in [0.5, 0.6) is 0 Å². The summed E-state index contributed by atoms with van der Waals surface area (Å²) >= 11 is 0. The van der Waals surface area contributed by atoms with Crippen molar-refractivity contribution in [1.29, 1.82) is 0 Å². The summed E-state index contributed by atoms with van der Waals surface area (Å²) in [6.07, 6.45) is 0.675. The minimum Gasteiger partial charge on any atom is -0.394 e. The molecule has 2 heterocycles. The third-order valence-electron chi connectivity index (χ3n) is 4.60. The number of H-pyrrole nitrogens is 1. The quantitative estimate of drug-likeness (QED) is 0.765. The van der Waals surface area contributed by atoms with Crippen molar-refractivity contribution < 1.29 is 9.90 Å². The largest absolute Gasteiger partial charge is 0.394 e.